The average molecular weight is 288 g/mol. The molecule has 3 aromatic rings. The standard InChI is InChI=1S/C14H10ClN3O2/c1-8-2-4-11-10(17-8)6-12(20-11)14(19)18-9-3-5-13(15)16-7-9/h2-7H,1H3,(H,18,19). The summed E-state index contributed by atoms with van der Waals surface area (Å²) in [6.45, 7) is 1.88. The molecule has 0 saturated carbocycles. The molecule has 0 saturated heterocycles. The Morgan fingerprint density at radius 2 is 2.15 bits per heavy atom. The van der Waals surface area contributed by atoms with E-state index >= 15 is 0 Å². The molecule has 0 aliphatic heterocycles. The van der Waals surface area contributed by atoms with Crippen molar-refractivity contribution in [2.45, 2.75) is 6.92 Å². The summed E-state index contributed by atoms with van der Waals surface area (Å²) in [4.78, 5) is 20.2. The van der Waals surface area contributed by atoms with E-state index in [9.17, 15) is 4.79 Å². The molecule has 0 aliphatic carbocycles. The van der Waals surface area contributed by atoms with E-state index in [0.29, 0.717) is 21.9 Å². The third kappa shape index (κ3) is 2.48. The zero-order valence-electron chi connectivity index (χ0n) is 10.6. The summed E-state index contributed by atoms with van der Waals surface area (Å²) in [6.07, 6.45) is 1.48. The first kappa shape index (κ1) is 12.6. The van der Waals surface area contributed by atoms with E-state index in [-0.39, 0.29) is 11.7 Å². The van der Waals surface area contributed by atoms with Crippen LogP contribution < -0.4 is 5.32 Å². The van der Waals surface area contributed by atoms with Crippen molar-refractivity contribution in [3.8, 4) is 0 Å². The number of amides is 1. The number of hydrogen-bond acceptors (Lipinski definition) is 4. The van der Waals surface area contributed by atoms with E-state index in [1.165, 1.54) is 6.20 Å². The molecule has 6 heteroatoms. The summed E-state index contributed by atoms with van der Waals surface area (Å²) in [6, 6.07) is 8.49. The Morgan fingerprint density at radius 3 is 2.90 bits per heavy atom. The first-order chi connectivity index (χ1) is 9.61. The van der Waals surface area contributed by atoms with Gasteiger partial charge < -0.3 is 9.73 Å². The monoisotopic (exact) mass is 287 g/mol. The Labute approximate surface area is 119 Å². The third-order valence-electron chi connectivity index (χ3n) is 2.72. The fourth-order valence-electron chi connectivity index (χ4n) is 1.78. The van der Waals surface area contributed by atoms with Gasteiger partial charge in [0.05, 0.1) is 11.9 Å². The van der Waals surface area contributed by atoms with Gasteiger partial charge in [0.1, 0.15) is 10.7 Å². The van der Waals surface area contributed by atoms with Crippen LogP contribution in [0, 0.1) is 6.92 Å². The smallest absolute Gasteiger partial charge is 0.291 e. The summed E-state index contributed by atoms with van der Waals surface area (Å²) in [7, 11) is 0. The van der Waals surface area contributed by atoms with Crippen molar-refractivity contribution in [1.29, 1.82) is 0 Å². The van der Waals surface area contributed by atoms with E-state index in [4.69, 9.17) is 16.0 Å². The van der Waals surface area contributed by atoms with Crippen LogP contribution in [0.5, 0.6) is 0 Å². The van der Waals surface area contributed by atoms with Crippen LogP contribution in [0.3, 0.4) is 0 Å². The van der Waals surface area contributed by atoms with E-state index < -0.39 is 0 Å². The fourth-order valence-corrected chi connectivity index (χ4v) is 1.89. The second-order valence-corrected chi connectivity index (χ2v) is 4.66. The Morgan fingerprint density at radius 1 is 1.30 bits per heavy atom. The first-order valence-corrected chi connectivity index (χ1v) is 6.30. The highest BCUT2D eigenvalue weighted by atomic mass is 35.5. The molecule has 1 N–H and O–H groups in total. The van der Waals surface area contributed by atoms with Gasteiger partial charge in [0.15, 0.2) is 11.3 Å². The predicted octanol–water partition coefficient (Wildman–Crippen LogP) is 3.44. The maximum absolute atomic E-state index is 12.1. The van der Waals surface area contributed by atoms with Crippen molar-refractivity contribution < 1.29 is 9.21 Å². The Kier molecular flexibility index (Phi) is 3.12. The van der Waals surface area contributed by atoms with Crippen LogP contribution in [0.15, 0.2) is 40.9 Å². The third-order valence-corrected chi connectivity index (χ3v) is 2.95. The van der Waals surface area contributed by atoms with Crippen molar-refractivity contribution in [1.82, 2.24) is 9.97 Å². The Balaban J connectivity index is 1.86. The molecule has 3 rings (SSSR count). The Hall–Kier alpha value is -2.40. The summed E-state index contributed by atoms with van der Waals surface area (Å²) in [5, 5.41) is 3.05. The normalized spacial score (nSPS) is 10.7. The van der Waals surface area contributed by atoms with E-state index in [1.807, 2.05) is 13.0 Å². The molecule has 0 aliphatic rings. The van der Waals surface area contributed by atoms with Crippen molar-refractivity contribution in [3.63, 3.8) is 0 Å². The lowest BCUT2D eigenvalue weighted by atomic mass is 10.3. The summed E-state index contributed by atoms with van der Waals surface area (Å²) in [5.74, 6) is -0.155. The molecular weight excluding hydrogens is 278 g/mol. The number of furan rings is 1. The second-order valence-electron chi connectivity index (χ2n) is 4.27. The number of aryl methyl sites for hydroxylation is 1. The molecule has 0 fully saturated rings. The summed E-state index contributed by atoms with van der Waals surface area (Å²) < 4.78 is 5.46. The number of anilines is 1. The van der Waals surface area contributed by atoms with Gasteiger partial charge in [-0.15, -0.1) is 0 Å². The lowest BCUT2D eigenvalue weighted by Gasteiger charge is -2.01. The number of aromatic nitrogens is 2. The lowest BCUT2D eigenvalue weighted by Crippen LogP contribution is -2.10. The number of pyridine rings is 2. The molecule has 0 aromatic carbocycles. The SMILES string of the molecule is Cc1ccc2oc(C(=O)Nc3ccc(Cl)nc3)cc2n1. The van der Waals surface area contributed by atoms with Gasteiger partial charge in [-0.25, -0.2) is 9.97 Å². The summed E-state index contributed by atoms with van der Waals surface area (Å²) >= 11 is 5.68. The zero-order valence-corrected chi connectivity index (χ0v) is 11.3. The molecule has 0 radical (unpaired) electrons. The number of halogens is 1. The minimum Gasteiger partial charge on any atom is -0.449 e. The molecule has 0 bridgehead atoms. The van der Waals surface area contributed by atoms with Crippen LogP contribution in [0.25, 0.3) is 11.1 Å². The highest BCUT2D eigenvalue weighted by Crippen LogP contribution is 2.19. The minimum atomic E-state index is -0.357. The van der Waals surface area contributed by atoms with Gasteiger partial charge in [-0.3, -0.25) is 4.79 Å². The summed E-state index contributed by atoms with van der Waals surface area (Å²) in [5.41, 5.74) is 2.65. The van der Waals surface area contributed by atoms with Crippen molar-refractivity contribution in [2.24, 2.45) is 0 Å². The minimum absolute atomic E-state index is 0.202. The van der Waals surface area contributed by atoms with Crippen molar-refractivity contribution >= 4 is 34.3 Å². The van der Waals surface area contributed by atoms with Crippen molar-refractivity contribution in [3.05, 3.63) is 53.1 Å². The number of rotatable bonds is 2. The van der Waals surface area contributed by atoms with E-state index in [0.717, 1.165) is 5.69 Å². The molecule has 1 amide bonds. The number of carbonyl (C=O) groups is 1. The molecule has 20 heavy (non-hydrogen) atoms. The van der Waals surface area contributed by atoms with Gasteiger partial charge in [0.25, 0.3) is 5.91 Å². The van der Waals surface area contributed by atoms with Gasteiger partial charge in [-0.2, -0.15) is 0 Å². The fraction of sp³-hybridized carbons (Fsp3) is 0.0714. The van der Waals surface area contributed by atoms with Crippen LogP contribution in [-0.4, -0.2) is 15.9 Å². The molecule has 0 unspecified atom stereocenters. The number of nitrogens with zero attached hydrogens (tertiary/aromatic N) is 2. The van der Waals surface area contributed by atoms with Gasteiger partial charge >= 0.3 is 0 Å². The average Bonchev–Trinajstić information content (AvgIpc) is 2.84. The number of fused-ring (bicyclic) bond motifs is 1. The zero-order chi connectivity index (χ0) is 14.1. The topological polar surface area (TPSA) is 68.0 Å². The largest absolute Gasteiger partial charge is 0.449 e. The van der Waals surface area contributed by atoms with E-state index in [2.05, 4.69) is 15.3 Å². The number of nitrogens with one attached hydrogen (secondary N) is 1. The molecule has 3 aromatic heterocycles. The molecular formula is C14H10ClN3O2. The predicted molar refractivity (Wildman–Crippen MR) is 75.9 cm³/mol. The maximum Gasteiger partial charge on any atom is 0.291 e. The molecule has 5 nitrogen and oxygen atoms in total. The quantitative estimate of drug-likeness (QED) is 0.733. The molecule has 0 atom stereocenters. The highest BCUT2D eigenvalue weighted by molar-refractivity contribution is 6.29. The van der Waals surface area contributed by atoms with Crippen LogP contribution in [0.1, 0.15) is 16.2 Å². The van der Waals surface area contributed by atoms with Crippen LogP contribution in [0.4, 0.5) is 5.69 Å². The van der Waals surface area contributed by atoms with Crippen LogP contribution in [0.2, 0.25) is 5.15 Å². The van der Waals surface area contributed by atoms with Gasteiger partial charge in [0.2, 0.25) is 0 Å². The Bertz CT molecular complexity index is 781. The number of hydrogen-bond donors (Lipinski definition) is 1. The van der Waals surface area contributed by atoms with Gasteiger partial charge in [-0.05, 0) is 31.2 Å². The molecule has 100 valence electrons. The van der Waals surface area contributed by atoms with Crippen molar-refractivity contribution in [2.75, 3.05) is 5.32 Å². The number of carbonyl (C=O) groups excluding carboxylic acids is 1. The first-order valence-electron chi connectivity index (χ1n) is 5.92. The second kappa shape index (κ2) is 4.94. The van der Waals surface area contributed by atoms with E-state index in [1.54, 1.807) is 24.3 Å². The van der Waals surface area contributed by atoms with Gasteiger partial charge in [-0.1, -0.05) is 11.6 Å². The maximum atomic E-state index is 12.1. The van der Waals surface area contributed by atoms with Crippen LogP contribution >= 0.6 is 11.6 Å². The molecule has 3 heterocycles. The van der Waals surface area contributed by atoms with Gasteiger partial charge in [0, 0.05) is 11.8 Å². The van der Waals surface area contributed by atoms with Crippen LogP contribution in [-0.2, 0) is 0 Å². The molecule has 0 spiro atoms. The highest BCUT2D eigenvalue weighted by Gasteiger charge is 2.13. The lowest BCUT2D eigenvalue weighted by molar-refractivity contribution is 0.0998.